The lowest BCUT2D eigenvalue weighted by atomic mass is 9.85. The first-order valence-corrected chi connectivity index (χ1v) is 11.5. The first kappa shape index (κ1) is 30.1. The molecule has 1 nitrogen and oxygen atoms in total. The van der Waals surface area contributed by atoms with Crippen molar-refractivity contribution in [1.29, 1.82) is 0 Å². The second-order valence-corrected chi connectivity index (χ2v) is 10.8. The summed E-state index contributed by atoms with van der Waals surface area (Å²) < 4.78 is 66.8. The van der Waals surface area contributed by atoms with E-state index in [2.05, 4.69) is 11.5 Å². The van der Waals surface area contributed by atoms with Crippen LogP contribution in [0, 0.1) is 32.6 Å². The summed E-state index contributed by atoms with van der Waals surface area (Å²) >= 11 is 0. The number of rotatable bonds is 0. The lowest BCUT2D eigenvalue weighted by molar-refractivity contribution is -0.137. The zero-order valence-electron chi connectivity index (χ0n) is 21.7. The Morgan fingerprint density at radius 1 is 0.765 bits per heavy atom. The summed E-state index contributed by atoms with van der Waals surface area (Å²) in [6.07, 6.45) is -1.63. The predicted octanol–water partition coefficient (Wildman–Crippen LogP) is 9.01. The van der Waals surface area contributed by atoms with Gasteiger partial charge in [0.25, 0.3) is 0 Å². The van der Waals surface area contributed by atoms with Gasteiger partial charge in [0, 0.05) is 18.4 Å². The Morgan fingerprint density at radius 3 is 1.65 bits per heavy atom. The van der Waals surface area contributed by atoms with Crippen molar-refractivity contribution in [3.8, 4) is 0 Å². The molecule has 0 saturated carbocycles. The summed E-state index contributed by atoms with van der Waals surface area (Å²) in [7, 11) is 3.69. The van der Waals surface area contributed by atoms with Gasteiger partial charge in [-0.25, -0.2) is 8.78 Å². The molecule has 0 bridgehead atoms. The van der Waals surface area contributed by atoms with E-state index in [4.69, 9.17) is 0 Å². The molecule has 2 aromatic rings. The first-order valence-electron chi connectivity index (χ1n) is 11.5. The largest absolute Gasteiger partial charge is 0.570 e. The Labute approximate surface area is 202 Å². The van der Waals surface area contributed by atoms with Gasteiger partial charge in [-0.1, -0.05) is 66.3 Å². The van der Waals surface area contributed by atoms with Crippen molar-refractivity contribution in [2.45, 2.75) is 85.2 Å². The Morgan fingerprint density at radius 2 is 1.26 bits per heavy atom. The highest BCUT2D eigenvalue weighted by atomic mass is 19.4. The van der Waals surface area contributed by atoms with Crippen LogP contribution in [-0.2, 0) is 21.4 Å². The number of benzene rings is 2. The van der Waals surface area contributed by atoms with Gasteiger partial charge in [-0.15, -0.1) is 0 Å². The average molecular weight is 487 g/mol. The van der Waals surface area contributed by atoms with Crippen LogP contribution in [0.3, 0.4) is 0 Å². The van der Waals surface area contributed by atoms with Crippen LogP contribution in [0.4, 0.5) is 22.0 Å². The molecule has 1 saturated heterocycles. The van der Waals surface area contributed by atoms with Crippen molar-refractivity contribution < 1.29 is 26.3 Å². The maximum Gasteiger partial charge on any atom is 0.416 e. The maximum absolute atomic E-state index is 13.5. The molecule has 0 amide bonds. The van der Waals surface area contributed by atoms with Crippen molar-refractivity contribution in [2.24, 2.45) is 0 Å². The maximum atomic E-state index is 13.5. The van der Waals surface area contributed by atoms with Gasteiger partial charge in [-0.05, 0) is 54.0 Å². The summed E-state index contributed by atoms with van der Waals surface area (Å²) in [5, 5.41) is 0. The van der Waals surface area contributed by atoms with Gasteiger partial charge in [-0.2, -0.15) is 13.2 Å². The molecule has 192 valence electrons. The quantitative estimate of drug-likeness (QED) is 0.198. The highest BCUT2D eigenvalue weighted by Crippen LogP contribution is 2.33. The van der Waals surface area contributed by atoms with Gasteiger partial charge in [0.05, 0.1) is 5.56 Å². The summed E-state index contributed by atoms with van der Waals surface area (Å²) in [4.78, 5) is 0. The van der Waals surface area contributed by atoms with E-state index >= 15 is 0 Å². The van der Waals surface area contributed by atoms with Gasteiger partial charge in [0.1, 0.15) is 24.8 Å². The van der Waals surface area contributed by atoms with Crippen LogP contribution >= 0.6 is 0 Å². The SMILES string of the molecule is Cc1c(F)ccc(C(C)(C)C)c1F.Cc1cc(C(C)(C)C)cc(C(F)(F)F)c1.[CH2-][O+]1CCCC1. The molecule has 2 aromatic carbocycles. The minimum absolute atomic E-state index is 0.104. The molecule has 1 fully saturated rings. The third-order valence-corrected chi connectivity index (χ3v) is 5.52. The molecule has 1 aliphatic rings. The van der Waals surface area contributed by atoms with E-state index in [0.29, 0.717) is 11.1 Å². The smallest absolute Gasteiger partial charge is 0.416 e. The van der Waals surface area contributed by atoms with Gasteiger partial charge in [0.15, 0.2) is 0 Å². The summed E-state index contributed by atoms with van der Waals surface area (Å²) in [6.45, 7) is 16.8. The molecule has 0 atom stereocenters. The Kier molecular flexibility index (Phi) is 10.3. The highest BCUT2D eigenvalue weighted by Gasteiger charge is 2.32. The van der Waals surface area contributed by atoms with Gasteiger partial charge >= 0.3 is 6.18 Å². The number of halogens is 5. The Balaban J connectivity index is 0.000000276. The van der Waals surface area contributed by atoms with Gasteiger partial charge in [0.2, 0.25) is 0 Å². The van der Waals surface area contributed by atoms with Crippen molar-refractivity contribution in [1.82, 2.24) is 0 Å². The van der Waals surface area contributed by atoms with E-state index in [1.807, 2.05) is 41.5 Å². The molecule has 0 N–H and O–H groups in total. The fourth-order valence-corrected chi connectivity index (χ4v) is 3.33. The summed E-state index contributed by atoms with van der Waals surface area (Å²) in [5.74, 6) is -0.905. The number of hydrogen-bond donors (Lipinski definition) is 0. The van der Waals surface area contributed by atoms with Gasteiger partial charge < -0.3 is 4.37 Å². The van der Waals surface area contributed by atoms with E-state index in [1.54, 1.807) is 13.0 Å². The minimum Gasteiger partial charge on any atom is -0.570 e. The average Bonchev–Trinajstić information content (AvgIpc) is 3.15. The van der Waals surface area contributed by atoms with Crippen molar-refractivity contribution in [2.75, 3.05) is 13.2 Å². The third kappa shape index (κ3) is 9.36. The molecule has 1 aliphatic heterocycles. The minimum atomic E-state index is -4.26. The van der Waals surface area contributed by atoms with E-state index in [1.165, 1.54) is 44.0 Å². The van der Waals surface area contributed by atoms with E-state index in [0.717, 1.165) is 18.8 Å². The van der Waals surface area contributed by atoms with Crippen LogP contribution in [0.5, 0.6) is 0 Å². The number of hydrogen-bond acceptors (Lipinski definition) is 0. The first-order chi connectivity index (χ1) is 15.3. The molecular weight excluding hydrogens is 447 g/mol. The highest BCUT2D eigenvalue weighted by molar-refractivity contribution is 5.35. The van der Waals surface area contributed by atoms with Crippen molar-refractivity contribution in [3.63, 3.8) is 0 Å². The molecule has 1 heterocycles. The zero-order valence-corrected chi connectivity index (χ0v) is 21.7. The number of alkyl halides is 3. The fourth-order valence-electron chi connectivity index (χ4n) is 3.33. The Bertz CT molecular complexity index is 895. The Hall–Kier alpha value is -1.95. The second-order valence-electron chi connectivity index (χ2n) is 10.8. The second kappa shape index (κ2) is 11.7. The normalized spacial score (nSPS) is 14.8. The fraction of sp³-hybridized carbons (Fsp3) is 0.536. The van der Waals surface area contributed by atoms with Crippen molar-refractivity contribution in [3.05, 3.63) is 76.9 Å². The molecule has 34 heavy (non-hydrogen) atoms. The molecule has 3 rings (SSSR count). The van der Waals surface area contributed by atoms with Crippen LogP contribution in [0.1, 0.15) is 82.2 Å². The number of aryl methyl sites for hydroxylation is 1. The third-order valence-electron chi connectivity index (χ3n) is 5.52. The van der Waals surface area contributed by atoms with Crippen LogP contribution < -0.4 is 0 Å². The molecule has 0 spiro atoms. The zero-order chi connectivity index (χ0) is 26.5. The molecule has 0 radical (unpaired) electrons. The molecule has 0 aliphatic carbocycles. The topological polar surface area (TPSA) is 2.70 Å². The molecule has 6 heteroatoms. The summed E-state index contributed by atoms with van der Waals surface area (Å²) in [5.41, 5.74) is 0.935. The van der Waals surface area contributed by atoms with E-state index in [9.17, 15) is 22.0 Å². The summed E-state index contributed by atoms with van der Waals surface area (Å²) in [6, 6.07) is 7.04. The van der Waals surface area contributed by atoms with Crippen LogP contribution in [-0.4, -0.2) is 13.2 Å². The molecular formula is C28H39F5O. The van der Waals surface area contributed by atoms with Crippen LogP contribution in [0.15, 0.2) is 30.3 Å². The standard InChI is InChI=1S/C12H15F3.C11H14F2.C5H10O/c1-8-5-9(11(2,3)4)7-10(6-8)12(13,14)15;1-7-9(12)6-5-8(10(7)13)11(2,3)4;1-6-4-2-3-5-6/h5-7H,1-4H3;5-6H,1-4H3;1-5H2. The van der Waals surface area contributed by atoms with Crippen molar-refractivity contribution >= 4 is 0 Å². The monoisotopic (exact) mass is 486 g/mol. The van der Waals surface area contributed by atoms with E-state index in [-0.39, 0.29) is 16.4 Å². The molecule has 0 aromatic heterocycles. The van der Waals surface area contributed by atoms with E-state index < -0.39 is 23.4 Å². The lowest BCUT2D eigenvalue weighted by Crippen LogP contribution is -2.14. The predicted molar refractivity (Wildman–Crippen MR) is 130 cm³/mol. The molecule has 0 unspecified atom stereocenters. The van der Waals surface area contributed by atoms with Crippen LogP contribution in [0.25, 0.3) is 0 Å². The van der Waals surface area contributed by atoms with Crippen LogP contribution in [0.2, 0.25) is 0 Å². The van der Waals surface area contributed by atoms with Gasteiger partial charge in [-0.3, -0.25) is 0 Å². The lowest BCUT2D eigenvalue weighted by Gasteiger charge is -2.21.